The average Bonchev–Trinajstić information content (AvgIpc) is 3.16. The summed E-state index contributed by atoms with van der Waals surface area (Å²) >= 11 is 0. The molecule has 1 heterocycles. The van der Waals surface area contributed by atoms with Gasteiger partial charge in [0.1, 0.15) is 6.33 Å². The Balaban J connectivity index is 1.80. The molecule has 3 rings (SSSR count). The summed E-state index contributed by atoms with van der Waals surface area (Å²) in [6.45, 7) is 3.79. The molecule has 0 N–H and O–H groups in total. The second-order valence-electron chi connectivity index (χ2n) is 5.50. The Morgan fingerprint density at radius 1 is 1.43 bits per heavy atom. The van der Waals surface area contributed by atoms with Crippen LogP contribution in [0.25, 0.3) is 5.69 Å². The van der Waals surface area contributed by atoms with E-state index in [-0.39, 0.29) is 5.91 Å². The SMILES string of the molecule is CCCN(CC1CC1)C(=O)c1cccc(-n2cnnn2)c1. The van der Waals surface area contributed by atoms with Gasteiger partial charge in [0.05, 0.1) is 5.69 Å². The van der Waals surface area contributed by atoms with Crippen molar-refractivity contribution in [1.82, 2.24) is 25.1 Å². The van der Waals surface area contributed by atoms with Crippen molar-refractivity contribution < 1.29 is 4.79 Å². The van der Waals surface area contributed by atoms with Crippen LogP contribution >= 0.6 is 0 Å². The fourth-order valence-electron chi connectivity index (χ4n) is 2.40. The normalized spacial score (nSPS) is 14.1. The molecule has 1 amide bonds. The van der Waals surface area contributed by atoms with Crippen LogP contribution in [0.1, 0.15) is 36.5 Å². The van der Waals surface area contributed by atoms with E-state index >= 15 is 0 Å². The molecule has 110 valence electrons. The third kappa shape index (κ3) is 3.26. The van der Waals surface area contributed by atoms with Crippen LogP contribution in [0.3, 0.4) is 0 Å². The van der Waals surface area contributed by atoms with E-state index in [1.807, 2.05) is 29.2 Å². The molecule has 1 aliphatic rings. The van der Waals surface area contributed by atoms with Gasteiger partial charge in [0.25, 0.3) is 5.91 Å². The monoisotopic (exact) mass is 285 g/mol. The third-order valence-electron chi connectivity index (χ3n) is 3.66. The van der Waals surface area contributed by atoms with Crippen LogP contribution in [-0.2, 0) is 0 Å². The predicted octanol–water partition coefficient (Wildman–Crippen LogP) is 1.92. The number of carbonyl (C=O) groups is 1. The molecule has 6 nitrogen and oxygen atoms in total. The lowest BCUT2D eigenvalue weighted by Crippen LogP contribution is -2.33. The van der Waals surface area contributed by atoms with Crippen molar-refractivity contribution in [1.29, 1.82) is 0 Å². The Morgan fingerprint density at radius 3 is 2.95 bits per heavy atom. The first kappa shape index (κ1) is 13.7. The van der Waals surface area contributed by atoms with Crippen LogP contribution < -0.4 is 0 Å². The minimum atomic E-state index is 0.0960. The summed E-state index contributed by atoms with van der Waals surface area (Å²) < 4.78 is 1.56. The fourth-order valence-corrected chi connectivity index (χ4v) is 2.40. The van der Waals surface area contributed by atoms with Gasteiger partial charge in [-0.05, 0) is 53.8 Å². The zero-order valence-electron chi connectivity index (χ0n) is 12.1. The summed E-state index contributed by atoms with van der Waals surface area (Å²) in [5.41, 5.74) is 1.49. The maximum atomic E-state index is 12.7. The highest BCUT2D eigenvalue weighted by molar-refractivity contribution is 5.94. The molecule has 0 saturated heterocycles. The first-order valence-electron chi connectivity index (χ1n) is 7.40. The highest BCUT2D eigenvalue weighted by atomic mass is 16.2. The van der Waals surface area contributed by atoms with Gasteiger partial charge < -0.3 is 4.90 Å². The number of aromatic nitrogens is 4. The summed E-state index contributed by atoms with van der Waals surface area (Å²) in [6.07, 6.45) is 5.00. The molecule has 2 aromatic rings. The first-order chi connectivity index (χ1) is 10.3. The molecule has 6 heteroatoms. The number of hydrogen-bond acceptors (Lipinski definition) is 4. The van der Waals surface area contributed by atoms with E-state index in [1.165, 1.54) is 19.2 Å². The van der Waals surface area contributed by atoms with Gasteiger partial charge in [0.15, 0.2) is 0 Å². The van der Waals surface area contributed by atoms with Crippen LogP contribution in [0.15, 0.2) is 30.6 Å². The van der Waals surface area contributed by atoms with Gasteiger partial charge in [-0.25, -0.2) is 4.68 Å². The summed E-state index contributed by atoms with van der Waals surface area (Å²) in [5.74, 6) is 0.793. The lowest BCUT2D eigenvalue weighted by atomic mass is 10.1. The van der Waals surface area contributed by atoms with Crippen molar-refractivity contribution >= 4 is 5.91 Å². The molecule has 21 heavy (non-hydrogen) atoms. The highest BCUT2D eigenvalue weighted by Gasteiger charge is 2.26. The van der Waals surface area contributed by atoms with E-state index in [1.54, 1.807) is 4.68 Å². The zero-order valence-corrected chi connectivity index (χ0v) is 12.1. The van der Waals surface area contributed by atoms with Crippen LogP contribution in [0, 0.1) is 5.92 Å². The number of rotatable bonds is 6. The Labute approximate surface area is 123 Å². The van der Waals surface area contributed by atoms with E-state index in [0.717, 1.165) is 25.2 Å². The van der Waals surface area contributed by atoms with E-state index in [0.29, 0.717) is 11.5 Å². The van der Waals surface area contributed by atoms with Crippen LogP contribution in [-0.4, -0.2) is 44.1 Å². The number of tetrazole rings is 1. The van der Waals surface area contributed by atoms with Gasteiger partial charge in [-0.3, -0.25) is 4.79 Å². The molecule has 1 aliphatic carbocycles. The van der Waals surface area contributed by atoms with Gasteiger partial charge >= 0.3 is 0 Å². The third-order valence-corrected chi connectivity index (χ3v) is 3.66. The topological polar surface area (TPSA) is 63.9 Å². The minimum absolute atomic E-state index is 0.0960. The Hall–Kier alpha value is -2.24. The van der Waals surface area contributed by atoms with E-state index < -0.39 is 0 Å². The van der Waals surface area contributed by atoms with E-state index in [9.17, 15) is 4.79 Å². The molecule has 1 aromatic carbocycles. The molecule has 1 aromatic heterocycles. The number of nitrogens with zero attached hydrogens (tertiary/aromatic N) is 5. The smallest absolute Gasteiger partial charge is 0.253 e. The van der Waals surface area contributed by atoms with Gasteiger partial charge in [-0.2, -0.15) is 0 Å². The number of hydrogen-bond donors (Lipinski definition) is 0. The van der Waals surface area contributed by atoms with Crippen LogP contribution in [0.5, 0.6) is 0 Å². The second-order valence-corrected chi connectivity index (χ2v) is 5.50. The van der Waals surface area contributed by atoms with Crippen molar-refractivity contribution in [3.63, 3.8) is 0 Å². The first-order valence-corrected chi connectivity index (χ1v) is 7.40. The van der Waals surface area contributed by atoms with E-state index in [4.69, 9.17) is 0 Å². The minimum Gasteiger partial charge on any atom is -0.338 e. The molecular formula is C15H19N5O. The number of benzene rings is 1. The van der Waals surface area contributed by atoms with Gasteiger partial charge in [0, 0.05) is 18.7 Å². The molecule has 1 saturated carbocycles. The zero-order chi connectivity index (χ0) is 14.7. The highest BCUT2D eigenvalue weighted by Crippen LogP contribution is 2.30. The number of amides is 1. The predicted molar refractivity (Wildman–Crippen MR) is 78.1 cm³/mol. The van der Waals surface area contributed by atoms with Crippen molar-refractivity contribution in [2.24, 2.45) is 5.92 Å². The van der Waals surface area contributed by atoms with Crippen LogP contribution in [0.2, 0.25) is 0 Å². The summed E-state index contributed by atoms with van der Waals surface area (Å²) in [4.78, 5) is 14.7. The quantitative estimate of drug-likeness (QED) is 0.813. The second kappa shape index (κ2) is 6.03. The summed E-state index contributed by atoms with van der Waals surface area (Å²) in [6, 6.07) is 7.45. The van der Waals surface area contributed by atoms with Crippen LogP contribution in [0.4, 0.5) is 0 Å². The largest absolute Gasteiger partial charge is 0.338 e. The summed E-state index contributed by atoms with van der Waals surface area (Å²) in [7, 11) is 0. The molecule has 0 bridgehead atoms. The average molecular weight is 285 g/mol. The van der Waals surface area contributed by atoms with Crippen molar-refractivity contribution in [3.05, 3.63) is 36.2 Å². The molecule has 0 atom stereocenters. The van der Waals surface area contributed by atoms with Gasteiger partial charge in [0.2, 0.25) is 0 Å². The molecular weight excluding hydrogens is 266 g/mol. The van der Waals surface area contributed by atoms with E-state index in [2.05, 4.69) is 22.4 Å². The molecule has 0 radical (unpaired) electrons. The fraction of sp³-hybridized carbons (Fsp3) is 0.467. The molecule has 0 unspecified atom stereocenters. The molecule has 1 fully saturated rings. The summed E-state index contributed by atoms with van der Waals surface area (Å²) in [5, 5.41) is 11.1. The Kier molecular flexibility index (Phi) is 3.94. The Bertz CT molecular complexity index is 606. The lowest BCUT2D eigenvalue weighted by molar-refractivity contribution is 0.0747. The van der Waals surface area contributed by atoms with Crippen molar-refractivity contribution in [3.8, 4) is 5.69 Å². The molecule has 0 spiro atoms. The van der Waals surface area contributed by atoms with Crippen molar-refractivity contribution in [2.75, 3.05) is 13.1 Å². The standard InChI is InChI=1S/C15H19N5O/c1-2-8-19(10-12-6-7-12)15(21)13-4-3-5-14(9-13)20-11-16-17-18-20/h3-5,9,11-12H,2,6-8,10H2,1H3. The van der Waals surface area contributed by atoms with Gasteiger partial charge in [-0.1, -0.05) is 13.0 Å². The lowest BCUT2D eigenvalue weighted by Gasteiger charge is -2.22. The van der Waals surface area contributed by atoms with Gasteiger partial charge in [-0.15, -0.1) is 5.10 Å². The maximum absolute atomic E-state index is 12.7. The Morgan fingerprint density at radius 2 is 2.29 bits per heavy atom. The number of carbonyl (C=O) groups excluding carboxylic acids is 1. The maximum Gasteiger partial charge on any atom is 0.253 e. The molecule has 0 aliphatic heterocycles. The van der Waals surface area contributed by atoms with Crippen molar-refractivity contribution in [2.45, 2.75) is 26.2 Å².